The van der Waals surface area contributed by atoms with Gasteiger partial charge in [-0.15, -0.1) is 0 Å². The van der Waals surface area contributed by atoms with Crippen LogP contribution >= 0.6 is 11.8 Å². The normalized spacial score (nSPS) is 20.6. The fraction of sp³-hybridized carbons (Fsp3) is 0.444. The summed E-state index contributed by atoms with van der Waals surface area (Å²) >= 11 is 1.94. The molecule has 1 fully saturated rings. The number of nitrogens with zero attached hydrogens (tertiary/aromatic N) is 4. The van der Waals surface area contributed by atoms with Crippen LogP contribution in [0, 0.1) is 0 Å². The fourth-order valence-electron chi connectivity index (χ4n) is 1.96. The quantitative estimate of drug-likeness (QED) is 0.755. The lowest BCUT2D eigenvalue weighted by atomic mass is 10.2. The molecule has 1 saturated heterocycles. The highest BCUT2D eigenvalue weighted by Gasteiger charge is 2.21. The van der Waals surface area contributed by atoms with Crippen LogP contribution in [-0.4, -0.2) is 31.0 Å². The highest BCUT2D eigenvalue weighted by molar-refractivity contribution is 7.99. The Morgan fingerprint density at radius 1 is 1.38 bits per heavy atom. The Kier molecular flexibility index (Phi) is 2.13. The van der Waals surface area contributed by atoms with Crippen LogP contribution in [0.15, 0.2) is 6.33 Å². The molecule has 1 aliphatic rings. The Balaban J connectivity index is 2.18. The monoisotopic (exact) mass is 236 g/mol. The van der Waals surface area contributed by atoms with E-state index < -0.39 is 0 Å². The second-order valence-corrected chi connectivity index (χ2v) is 4.96. The van der Waals surface area contributed by atoms with E-state index in [1.165, 1.54) is 5.75 Å². The molecule has 1 unspecified atom stereocenters. The maximum atomic E-state index is 5.76. The molecule has 2 aromatic rings. The fourth-order valence-corrected chi connectivity index (χ4v) is 3.17. The molecular formula is C9H12N6S. The van der Waals surface area contributed by atoms with Crippen LogP contribution in [0.4, 0.5) is 11.8 Å². The Labute approximate surface area is 96.4 Å². The van der Waals surface area contributed by atoms with Crippen LogP contribution in [0.3, 0.4) is 0 Å². The molecule has 3 rings (SSSR count). The van der Waals surface area contributed by atoms with Gasteiger partial charge in [0.2, 0.25) is 5.95 Å². The lowest BCUT2D eigenvalue weighted by Crippen LogP contribution is -2.08. The lowest BCUT2D eigenvalue weighted by Gasteiger charge is -2.10. The van der Waals surface area contributed by atoms with Crippen molar-refractivity contribution in [3.05, 3.63) is 6.33 Å². The van der Waals surface area contributed by atoms with Crippen molar-refractivity contribution in [3.8, 4) is 0 Å². The molecule has 0 aliphatic carbocycles. The molecule has 1 atom stereocenters. The average molecular weight is 236 g/mol. The third kappa shape index (κ3) is 1.39. The van der Waals surface area contributed by atoms with Gasteiger partial charge < -0.3 is 16.0 Å². The smallest absolute Gasteiger partial charge is 0.224 e. The molecule has 0 spiro atoms. The molecular weight excluding hydrogens is 224 g/mol. The van der Waals surface area contributed by atoms with Crippen LogP contribution in [0.5, 0.6) is 0 Å². The molecule has 3 heterocycles. The number of fused-ring (bicyclic) bond motifs is 1. The highest BCUT2D eigenvalue weighted by Crippen LogP contribution is 2.30. The van der Waals surface area contributed by atoms with Crippen molar-refractivity contribution in [1.82, 2.24) is 19.5 Å². The minimum atomic E-state index is 0.206. The summed E-state index contributed by atoms with van der Waals surface area (Å²) < 4.78 is 2.06. The first-order valence-corrected chi connectivity index (χ1v) is 6.24. The largest absolute Gasteiger partial charge is 0.382 e. The van der Waals surface area contributed by atoms with Gasteiger partial charge in [-0.2, -0.15) is 21.7 Å². The Hall–Kier alpha value is -1.50. The summed E-state index contributed by atoms with van der Waals surface area (Å²) in [6.45, 7) is 0. The molecule has 7 heteroatoms. The molecule has 6 nitrogen and oxygen atoms in total. The summed E-state index contributed by atoms with van der Waals surface area (Å²) in [4.78, 5) is 12.4. The van der Waals surface area contributed by atoms with Gasteiger partial charge >= 0.3 is 0 Å². The third-order valence-corrected chi connectivity index (χ3v) is 3.91. The summed E-state index contributed by atoms with van der Waals surface area (Å²) in [7, 11) is 0. The van der Waals surface area contributed by atoms with Crippen molar-refractivity contribution in [2.24, 2.45) is 0 Å². The number of hydrogen-bond donors (Lipinski definition) is 2. The van der Waals surface area contributed by atoms with Crippen LogP contribution < -0.4 is 11.5 Å². The Bertz CT molecular complexity index is 530. The van der Waals surface area contributed by atoms with Crippen molar-refractivity contribution in [2.45, 2.75) is 12.5 Å². The first kappa shape index (κ1) is 9.71. The number of nitrogens with two attached hydrogens (primary N) is 2. The number of hydrogen-bond acceptors (Lipinski definition) is 6. The second-order valence-electron chi connectivity index (χ2n) is 3.81. The van der Waals surface area contributed by atoms with Crippen LogP contribution in [0.2, 0.25) is 0 Å². The molecule has 84 valence electrons. The Morgan fingerprint density at radius 3 is 3.00 bits per heavy atom. The Morgan fingerprint density at radius 2 is 2.25 bits per heavy atom. The van der Waals surface area contributed by atoms with E-state index in [4.69, 9.17) is 11.5 Å². The first-order chi connectivity index (χ1) is 7.75. The van der Waals surface area contributed by atoms with E-state index in [0.29, 0.717) is 17.4 Å². The lowest BCUT2D eigenvalue weighted by molar-refractivity contribution is 0.571. The van der Waals surface area contributed by atoms with Crippen molar-refractivity contribution >= 4 is 34.7 Å². The van der Waals surface area contributed by atoms with Gasteiger partial charge in [-0.1, -0.05) is 0 Å². The van der Waals surface area contributed by atoms with Crippen molar-refractivity contribution in [1.29, 1.82) is 0 Å². The maximum Gasteiger partial charge on any atom is 0.224 e. The minimum Gasteiger partial charge on any atom is -0.382 e. The van der Waals surface area contributed by atoms with Crippen molar-refractivity contribution in [3.63, 3.8) is 0 Å². The zero-order chi connectivity index (χ0) is 11.1. The predicted molar refractivity (Wildman–Crippen MR) is 65.1 cm³/mol. The van der Waals surface area contributed by atoms with Gasteiger partial charge in [0.15, 0.2) is 11.5 Å². The number of nitrogen functional groups attached to an aromatic ring is 2. The van der Waals surface area contributed by atoms with E-state index >= 15 is 0 Å². The number of aromatic nitrogens is 4. The molecule has 4 N–H and O–H groups in total. The standard InChI is InChI=1S/C9H12N6S/c10-7-6-8(14-9(11)13-7)15(4-12-6)5-1-2-16-3-5/h4-5H,1-3H2,(H4,10,11,13,14). The summed E-state index contributed by atoms with van der Waals surface area (Å²) in [5.74, 6) is 2.83. The van der Waals surface area contributed by atoms with Crippen LogP contribution in [-0.2, 0) is 0 Å². The molecule has 1 aliphatic heterocycles. The summed E-state index contributed by atoms with van der Waals surface area (Å²) in [5, 5.41) is 0. The highest BCUT2D eigenvalue weighted by atomic mass is 32.2. The molecule has 0 saturated carbocycles. The van der Waals surface area contributed by atoms with Gasteiger partial charge in [0.05, 0.1) is 6.33 Å². The van der Waals surface area contributed by atoms with E-state index in [1.807, 2.05) is 11.8 Å². The second kappa shape index (κ2) is 3.51. The zero-order valence-electron chi connectivity index (χ0n) is 8.63. The number of anilines is 2. The van der Waals surface area contributed by atoms with Gasteiger partial charge in [0.1, 0.15) is 5.52 Å². The average Bonchev–Trinajstić information content (AvgIpc) is 2.83. The minimum absolute atomic E-state index is 0.206. The van der Waals surface area contributed by atoms with Crippen molar-refractivity contribution < 1.29 is 0 Å². The van der Waals surface area contributed by atoms with Gasteiger partial charge in [0, 0.05) is 11.8 Å². The molecule has 0 bridgehead atoms. The summed E-state index contributed by atoms with van der Waals surface area (Å²) in [6.07, 6.45) is 2.92. The van der Waals surface area contributed by atoms with Gasteiger partial charge in [-0.25, -0.2) is 4.98 Å². The molecule has 16 heavy (non-hydrogen) atoms. The van der Waals surface area contributed by atoms with Gasteiger partial charge in [-0.3, -0.25) is 0 Å². The number of thioether (sulfide) groups is 1. The van der Waals surface area contributed by atoms with E-state index in [0.717, 1.165) is 17.8 Å². The van der Waals surface area contributed by atoms with Crippen LogP contribution in [0.1, 0.15) is 12.5 Å². The third-order valence-electron chi connectivity index (χ3n) is 2.76. The SMILES string of the molecule is Nc1nc(N)c2ncn(C3CCSC3)c2n1. The number of imidazole rings is 1. The maximum absolute atomic E-state index is 5.76. The van der Waals surface area contributed by atoms with Crippen LogP contribution in [0.25, 0.3) is 11.2 Å². The molecule has 2 aromatic heterocycles. The topological polar surface area (TPSA) is 95.6 Å². The van der Waals surface area contributed by atoms with Crippen molar-refractivity contribution in [2.75, 3.05) is 23.0 Å². The van der Waals surface area contributed by atoms with E-state index in [-0.39, 0.29) is 5.95 Å². The van der Waals surface area contributed by atoms with Gasteiger partial charge in [-0.05, 0) is 12.2 Å². The molecule has 0 amide bonds. The first-order valence-electron chi connectivity index (χ1n) is 5.09. The predicted octanol–water partition coefficient (Wildman–Crippen LogP) is 0.669. The number of rotatable bonds is 1. The van der Waals surface area contributed by atoms with E-state index in [2.05, 4.69) is 19.5 Å². The zero-order valence-corrected chi connectivity index (χ0v) is 9.44. The molecule has 0 aromatic carbocycles. The van der Waals surface area contributed by atoms with E-state index in [1.54, 1.807) is 6.33 Å². The van der Waals surface area contributed by atoms with E-state index in [9.17, 15) is 0 Å². The summed E-state index contributed by atoms with van der Waals surface area (Å²) in [5.41, 5.74) is 12.8. The summed E-state index contributed by atoms with van der Waals surface area (Å²) in [6, 6.07) is 0.448. The molecule has 0 radical (unpaired) electrons. The van der Waals surface area contributed by atoms with Gasteiger partial charge in [0.25, 0.3) is 0 Å².